The van der Waals surface area contributed by atoms with E-state index in [9.17, 15) is 10.1 Å². The van der Waals surface area contributed by atoms with Gasteiger partial charge in [0.2, 0.25) is 0 Å². The van der Waals surface area contributed by atoms with Gasteiger partial charge < -0.3 is 4.90 Å². The maximum Gasteiger partial charge on any atom is 0.0145 e. The molecule has 0 bridgehead atoms. The van der Waals surface area contributed by atoms with Crippen LogP contribution < -0.4 is 9.64 Å². The monoisotopic (exact) mass is 763 g/mol. The van der Waals surface area contributed by atoms with Gasteiger partial charge in [-0.3, -0.25) is 0 Å². The van der Waals surface area contributed by atoms with Crippen LogP contribution >= 0.6 is 19.4 Å². The second-order valence-corrected chi connectivity index (χ2v) is 19.7. The molecule has 0 spiro atoms. The van der Waals surface area contributed by atoms with Crippen molar-refractivity contribution in [1.29, 1.82) is 0 Å². The number of nitro groups is 1. The van der Waals surface area contributed by atoms with Crippen LogP contribution in [0.1, 0.15) is 103 Å². The molecule has 254 valence electrons. The topological polar surface area (TPSA) is 55.6 Å². The molecule has 1 aliphatic rings. The van der Waals surface area contributed by atoms with E-state index in [-0.39, 0.29) is 22.7 Å². The van der Waals surface area contributed by atoms with E-state index in [1.54, 1.807) is 10.7 Å². The Morgan fingerprint density at radius 3 is 2.04 bits per heavy atom. The van der Waals surface area contributed by atoms with Gasteiger partial charge in [0.1, 0.15) is 0 Å². The number of nitrogens with zero attached hydrogens (tertiary/aromatic N) is 2. The van der Waals surface area contributed by atoms with Gasteiger partial charge in [-0.2, -0.15) is 0 Å². The van der Waals surface area contributed by atoms with Crippen molar-refractivity contribution in [2.24, 2.45) is 0 Å². The number of ether oxygens (including phenoxy) is 1. The van der Waals surface area contributed by atoms with Crippen LogP contribution in [0.25, 0.3) is 10.8 Å². The van der Waals surface area contributed by atoms with Crippen molar-refractivity contribution >= 4 is 46.1 Å². The van der Waals surface area contributed by atoms with Gasteiger partial charge in [-0.25, -0.2) is 6.54 Å². The molecule has 1 saturated heterocycles. The van der Waals surface area contributed by atoms with E-state index in [0.717, 1.165) is 6.42 Å². The molecule has 0 amide bonds. The maximum atomic E-state index is 10.7. The zero-order chi connectivity index (χ0) is 34.7. The van der Waals surface area contributed by atoms with E-state index >= 15 is 0 Å². The molecule has 5 nitrogen and oxygen atoms in total. The molecule has 0 aliphatic carbocycles. The quantitative estimate of drug-likeness (QED) is 0.0776. The summed E-state index contributed by atoms with van der Waals surface area (Å²) in [6, 6.07) is 26.9. The first kappa shape index (κ1) is 37.0. The number of nitro benzene ring substituents is 1. The van der Waals surface area contributed by atoms with Gasteiger partial charge in [-0.1, -0.05) is 101 Å². The van der Waals surface area contributed by atoms with Crippen molar-refractivity contribution < 1.29 is 23.2 Å². The second-order valence-electron chi connectivity index (χ2n) is 14.0. The fourth-order valence-electron chi connectivity index (χ4n) is 6.54. The standard InChI is InChI=1S/C29H36N.C10H11NO3.2ClH.Ru/c1-20(2)25-13-10-14-26(21(3)4)27(25)30-19-29(7,18-28(30,5)6)24-16-15-22-11-8-9-12-23(22)17-24;1-7(2)14-10-5-4-9(11(12)13)6-8(10)3;;;/h8-17,19-21H,18H2,1-7H3;3-7H,1-2H3;2*1H;/q-1;;;;+2/p-2/t29-;;;;/m0..../s1. The zero-order valence-electron chi connectivity index (χ0n) is 28.8. The molecule has 1 atom stereocenters. The Hall–Kier alpha value is -2.79. The number of benzene rings is 4. The Balaban J connectivity index is 0.000000251. The van der Waals surface area contributed by atoms with Gasteiger partial charge in [0, 0.05) is 11.2 Å². The van der Waals surface area contributed by atoms with Crippen molar-refractivity contribution in [2.75, 3.05) is 4.90 Å². The molecule has 1 heterocycles. The zero-order valence-corrected chi connectivity index (χ0v) is 32.1. The number of halogens is 2. The summed E-state index contributed by atoms with van der Waals surface area (Å²) in [5.74, 6) is 1.55. The molecule has 47 heavy (non-hydrogen) atoms. The van der Waals surface area contributed by atoms with Gasteiger partial charge in [0.05, 0.1) is 0 Å². The van der Waals surface area contributed by atoms with E-state index in [2.05, 4.69) is 121 Å². The number of para-hydroxylation sites is 1. The summed E-state index contributed by atoms with van der Waals surface area (Å²) < 4.78 is 7.17. The molecule has 0 unspecified atom stereocenters. The van der Waals surface area contributed by atoms with Crippen molar-refractivity contribution in [1.82, 2.24) is 0 Å². The molecule has 8 heteroatoms. The number of rotatable bonds is 8. The van der Waals surface area contributed by atoms with Crippen molar-refractivity contribution in [2.45, 2.75) is 97.6 Å². The van der Waals surface area contributed by atoms with Crippen LogP contribution in [0.4, 0.5) is 11.4 Å². The van der Waals surface area contributed by atoms with Crippen LogP contribution in [-0.4, -0.2) is 21.2 Å². The van der Waals surface area contributed by atoms with Crippen LogP contribution in [0.2, 0.25) is 0 Å². The van der Waals surface area contributed by atoms with E-state index in [0.29, 0.717) is 23.1 Å². The van der Waals surface area contributed by atoms with E-state index < -0.39 is 18.4 Å². The summed E-state index contributed by atoms with van der Waals surface area (Å²) in [5.41, 5.74) is 6.37. The van der Waals surface area contributed by atoms with Crippen LogP contribution in [0.15, 0.2) is 78.9 Å². The minimum Gasteiger partial charge on any atom is -0.517 e. The third-order valence-corrected chi connectivity index (χ3v) is 10.4. The maximum absolute atomic E-state index is 10.7. The molecular formula is C39H47Cl2N2O3Ru-. The largest absolute Gasteiger partial charge is 0.517 e. The van der Waals surface area contributed by atoms with Gasteiger partial charge in [0.15, 0.2) is 0 Å². The Kier molecular flexibility index (Phi) is 12.0. The molecule has 0 radical (unpaired) electrons. The number of hydrogen-bond donors (Lipinski definition) is 0. The van der Waals surface area contributed by atoms with Gasteiger partial charge >= 0.3 is 112 Å². The molecule has 0 aromatic heterocycles. The smallest absolute Gasteiger partial charge is 0.0145 e. The van der Waals surface area contributed by atoms with Crippen LogP contribution in [0, 0.1) is 16.7 Å². The molecule has 1 aliphatic heterocycles. The van der Waals surface area contributed by atoms with E-state index in [1.165, 1.54) is 45.3 Å². The Bertz CT molecular complexity index is 1740. The first-order valence-electron chi connectivity index (χ1n) is 16.1. The summed E-state index contributed by atoms with van der Waals surface area (Å²) >= 11 is -2.05. The van der Waals surface area contributed by atoms with Crippen molar-refractivity contribution in [3.05, 3.63) is 118 Å². The fourth-order valence-corrected chi connectivity index (χ4v) is 8.33. The molecule has 0 N–H and O–H groups in total. The minimum atomic E-state index is -2.05. The van der Waals surface area contributed by atoms with Crippen LogP contribution in [0.3, 0.4) is 0 Å². The SMILES string of the molecule is CC(C)Oc1ccc([N+](=O)[O-])cc1[CH]=[Ru]([Cl])[Cl].CC(C)c1cccc(C(C)C)c1N1[CH-][C@@](C)(c2ccc3ccccc3c2)CC1(C)C. The Morgan fingerprint density at radius 1 is 0.872 bits per heavy atom. The number of anilines is 1. The number of hydrogen-bond acceptors (Lipinski definition) is 4. The third-order valence-electron chi connectivity index (χ3n) is 8.61. The third kappa shape index (κ3) is 8.82. The number of non-ortho nitro benzene ring substituents is 1. The average molecular weight is 764 g/mol. The summed E-state index contributed by atoms with van der Waals surface area (Å²) in [7, 11) is 11.6. The molecule has 0 saturated carbocycles. The predicted molar refractivity (Wildman–Crippen MR) is 197 cm³/mol. The molecular weight excluding hydrogens is 716 g/mol. The molecule has 4 aromatic carbocycles. The van der Waals surface area contributed by atoms with E-state index in [4.69, 9.17) is 24.1 Å². The Morgan fingerprint density at radius 2 is 1.49 bits per heavy atom. The molecule has 1 fully saturated rings. The normalized spacial score (nSPS) is 17.6. The van der Waals surface area contributed by atoms with Crippen LogP contribution in [0.5, 0.6) is 5.75 Å². The fraction of sp³-hybridized carbons (Fsp3) is 0.385. The van der Waals surface area contributed by atoms with Crippen molar-refractivity contribution in [3.8, 4) is 5.75 Å². The summed E-state index contributed by atoms with van der Waals surface area (Å²) in [5, 5.41) is 13.3. The second kappa shape index (κ2) is 15.2. The van der Waals surface area contributed by atoms with Crippen LogP contribution in [-0.2, 0) is 18.9 Å². The minimum absolute atomic E-state index is 0.00360. The van der Waals surface area contributed by atoms with Gasteiger partial charge in [-0.05, 0) is 54.0 Å². The van der Waals surface area contributed by atoms with Crippen molar-refractivity contribution in [3.63, 3.8) is 0 Å². The average Bonchev–Trinajstić information content (AvgIpc) is 3.25. The first-order valence-corrected chi connectivity index (χ1v) is 21.6. The first-order chi connectivity index (χ1) is 22.0. The number of fused-ring (bicyclic) bond motifs is 1. The van der Waals surface area contributed by atoms with E-state index in [1.807, 2.05) is 13.8 Å². The van der Waals surface area contributed by atoms with Gasteiger partial charge in [-0.15, -0.1) is 5.41 Å². The predicted octanol–water partition coefficient (Wildman–Crippen LogP) is 11.7. The Labute approximate surface area is 293 Å². The molecule has 4 aromatic rings. The molecule has 5 rings (SSSR count). The summed E-state index contributed by atoms with van der Waals surface area (Å²) in [6.45, 7) is 22.7. The summed E-state index contributed by atoms with van der Waals surface area (Å²) in [4.78, 5) is 12.8. The summed E-state index contributed by atoms with van der Waals surface area (Å²) in [6.07, 6.45) is 1.08. The van der Waals surface area contributed by atoms with Gasteiger partial charge in [0.25, 0.3) is 0 Å².